The summed E-state index contributed by atoms with van der Waals surface area (Å²) in [6.45, 7) is 1.78. The van der Waals surface area contributed by atoms with Gasteiger partial charge < -0.3 is 9.47 Å². The molecule has 0 spiro atoms. The summed E-state index contributed by atoms with van der Waals surface area (Å²) in [4.78, 5) is 28.9. The van der Waals surface area contributed by atoms with Crippen LogP contribution in [0.1, 0.15) is 31.8 Å². The first-order chi connectivity index (χ1) is 13.5. The summed E-state index contributed by atoms with van der Waals surface area (Å²) in [5.41, 5.74) is 2.40. The van der Waals surface area contributed by atoms with Crippen molar-refractivity contribution in [3.8, 4) is 11.5 Å². The van der Waals surface area contributed by atoms with Crippen LogP contribution in [0.3, 0.4) is 0 Å². The van der Waals surface area contributed by atoms with Crippen LogP contribution < -0.4 is 9.47 Å². The number of Topliss-reactive ketones (excluding diaryl/α,β-unsaturated/α-hetero) is 1. The number of pyridine rings is 1. The third-order valence-electron chi connectivity index (χ3n) is 4.24. The van der Waals surface area contributed by atoms with Crippen molar-refractivity contribution in [1.82, 2.24) is 4.98 Å². The lowest BCUT2D eigenvalue weighted by Crippen LogP contribution is -2.08. The Hall–Kier alpha value is -3.25. The Labute approximate surface area is 169 Å². The number of ether oxygens (including phenoxy) is 2. The van der Waals surface area contributed by atoms with Crippen LogP contribution >= 0.6 is 15.9 Å². The first kappa shape index (κ1) is 18.1. The van der Waals surface area contributed by atoms with Crippen molar-refractivity contribution in [2.24, 2.45) is 0 Å². The number of ketones is 1. The number of hydrogen-bond donors (Lipinski definition) is 0. The van der Waals surface area contributed by atoms with Crippen molar-refractivity contribution in [1.29, 1.82) is 0 Å². The summed E-state index contributed by atoms with van der Waals surface area (Å²) < 4.78 is 12.1. The maximum Gasteiger partial charge on any atom is 0.343 e. The normalized spacial score (nSPS) is 13.9. The fraction of sp³-hybridized carbons (Fsp3) is 0.0455. The maximum atomic E-state index is 12.7. The molecule has 138 valence electrons. The van der Waals surface area contributed by atoms with Crippen LogP contribution in [0.5, 0.6) is 11.5 Å². The third kappa shape index (κ3) is 3.59. The summed E-state index contributed by atoms with van der Waals surface area (Å²) >= 11 is 3.38. The fourth-order valence-electron chi connectivity index (χ4n) is 2.90. The summed E-state index contributed by atoms with van der Waals surface area (Å²) in [5, 5.41) is 0. The van der Waals surface area contributed by atoms with Gasteiger partial charge in [-0.1, -0.05) is 28.1 Å². The molecular weight excluding hydrogens is 422 g/mol. The second-order valence-corrected chi connectivity index (χ2v) is 7.15. The van der Waals surface area contributed by atoms with Gasteiger partial charge in [0.2, 0.25) is 5.78 Å². The lowest BCUT2D eigenvalue weighted by atomic mass is 10.0. The molecule has 28 heavy (non-hydrogen) atoms. The largest absolute Gasteiger partial charge is 0.452 e. The predicted molar refractivity (Wildman–Crippen MR) is 107 cm³/mol. The molecular formula is C22H14BrNO4. The number of nitrogens with zero attached hydrogens (tertiary/aromatic N) is 1. The molecule has 5 nitrogen and oxygen atoms in total. The van der Waals surface area contributed by atoms with E-state index in [1.165, 1.54) is 12.4 Å². The molecule has 0 amide bonds. The Kier molecular flexibility index (Phi) is 4.79. The zero-order valence-corrected chi connectivity index (χ0v) is 16.4. The Bertz CT molecular complexity index is 1110. The predicted octanol–water partition coefficient (Wildman–Crippen LogP) is 4.99. The highest BCUT2D eigenvalue weighted by Crippen LogP contribution is 2.37. The monoisotopic (exact) mass is 435 g/mol. The van der Waals surface area contributed by atoms with E-state index in [2.05, 4.69) is 20.9 Å². The van der Waals surface area contributed by atoms with E-state index in [9.17, 15) is 9.59 Å². The summed E-state index contributed by atoms with van der Waals surface area (Å²) in [6, 6.07) is 13.9. The van der Waals surface area contributed by atoms with Gasteiger partial charge >= 0.3 is 5.97 Å². The van der Waals surface area contributed by atoms with Crippen molar-refractivity contribution in [3.05, 3.63) is 93.4 Å². The van der Waals surface area contributed by atoms with E-state index in [1.54, 1.807) is 37.3 Å². The van der Waals surface area contributed by atoms with Crippen LogP contribution in [0, 0.1) is 6.92 Å². The van der Waals surface area contributed by atoms with Gasteiger partial charge in [-0.25, -0.2) is 4.79 Å². The number of allylic oxidation sites excluding steroid dienone is 1. The van der Waals surface area contributed by atoms with Gasteiger partial charge in [0.05, 0.1) is 11.1 Å². The van der Waals surface area contributed by atoms with E-state index < -0.39 is 5.97 Å². The number of aryl methyl sites for hydroxylation is 1. The Morgan fingerprint density at radius 1 is 1.11 bits per heavy atom. The number of halogens is 1. The molecule has 0 saturated carbocycles. The summed E-state index contributed by atoms with van der Waals surface area (Å²) in [7, 11) is 0. The van der Waals surface area contributed by atoms with Gasteiger partial charge in [-0.2, -0.15) is 0 Å². The van der Waals surface area contributed by atoms with E-state index in [-0.39, 0.29) is 11.5 Å². The summed E-state index contributed by atoms with van der Waals surface area (Å²) in [6.07, 6.45) is 4.73. The molecule has 0 radical (unpaired) electrons. The highest BCUT2D eigenvalue weighted by atomic mass is 79.9. The minimum atomic E-state index is -0.503. The molecule has 2 aromatic carbocycles. The molecule has 6 heteroatoms. The Balaban J connectivity index is 1.61. The van der Waals surface area contributed by atoms with Crippen molar-refractivity contribution < 1.29 is 19.1 Å². The molecule has 0 saturated heterocycles. The SMILES string of the molecule is Cc1cc(OC(=O)c2ccncc2)cc2c1C(=O)/C(=C/c1ccc(Br)cc1)O2. The first-order valence-electron chi connectivity index (χ1n) is 8.48. The zero-order valence-electron chi connectivity index (χ0n) is 14.8. The molecule has 1 aromatic heterocycles. The number of fused-ring (bicyclic) bond motifs is 1. The molecule has 0 atom stereocenters. The van der Waals surface area contributed by atoms with Crippen molar-refractivity contribution in [2.75, 3.05) is 0 Å². The average Bonchev–Trinajstić information content (AvgIpc) is 3.00. The summed E-state index contributed by atoms with van der Waals surface area (Å²) in [5.74, 6) is 0.235. The van der Waals surface area contributed by atoms with E-state index in [1.807, 2.05) is 24.3 Å². The van der Waals surface area contributed by atoms with Crippen molar-refractivity contribution in [3.63, 3.8) is 0 Å². The molecule has 2 heterocycles. The number of rotatable bonds is 3. The fourth-order valence-corrected chi connectivity index (χ4v) is 3.17. The molecule has 0 N–H and O–H groups in total. The van der Waals surface area contributed by atoms with E-state index in [0.717, 1.165) is 10.0 Å². The van der Waals surface area contributed by atoms with E-state index in [0.29, 0.717) is 28.2 Å². The van der Waals surface area contributed by atoms with Crippen LogP contribution in [0.2, 0.25) is 0 Å². The Morgan fingerprint density at radius 3 is 2.54 bits per heavy atom. The molecule has 1 aliphatic heterocycles. The van der Waals surface area contributed by atoms with Gasteiger partial charge in [0.1, 0.15) is 11.5 Å². The molecule has 0 aliphatic carbocycles. The average molecular weight is 436 g/mol. The van der Waals surface area contributed by atoms with Crippen molar-refractivity contribution >= 4 is 33.8 Å². The topological polar surface area (TPSA) is 65.5 Å². The molecule has 0 unspecified atom stereocenters. The van der Waals surface area contributed by atoms with Crippen molar-refractivity contribution in [2.45, 2.75) is 6.92 Å². The number of benzene rings is 2. The minimum Gasteiger partial charge on any atom is -0.452 e. The zero-order chi connectivity index (χ0) is 19.7. The Morgan fingerprint density at radius 2 is 1.82 bits per heavy atom. The van der Waals surface area contributed by atoms with Gasteiger partial charge in [-0.3, -0.25) is 9.78 Å². The molecule has 1 aliphatic rings. The van der Waals surface area contributed by atoms with Crippen LogP contribution in [0.4, 0.5) is 0 Å². The number of carbonyl (C=O) groups is 2. The molecule has 4 rings (SSSR count). The maximum absolute atomic E-state index is 12.7. The van der Waals surface area contributed by atoms with Gasteiger partial charge in [0.25, 0.3) is 0 Å². The number of aromatic nitrogens is 1. The smallest absolute Gasteiger partial charge is 0.343 e. The quantitative estimate of drug-likeness (QED) is 0.329. The standard InChI is InChI=1S/C22H14BrNO4/c1-13-10-17(27-22(26)15-6-8-24-9-7-15)12-18-20(13)21(25)19(28-18)11-14-2-4-16(23)5-3-14/h2-12H,1H3/b19-11-. The van der Waals surface area contributed by atoms with Crippen LogP contribution in [-0.4, -0.2) is 16.7 Å². The molecule has 0 bridgehead atoms. The lowest BCUT2D eigenvalue weighted by Gasteiger charge is -2.07. The van der Waals surface area contributed by atoms with Gasteiger partial charge in [-0.15, -0.1) is 0 Å². The van der Waals surface area contributed by atoms with E-state index in [4.69, 9.17) is 9.47 Å². The number of hydrogen-bond acceptors (Lipinski definition) is 5. The van der Waals surface area contributed by atoms with Gasteiger partial charge in [0, 0.05) is 22.9 Å². The van der Waals surface area contributed by atoms with Crippen LogP contribution in [0.25, 0.3) is 6.08 Å². The van der Waals surface area contributed by atoms with Crippen LogP contribution in [-0.2, 0) is 0 Å². The highest BCUT2D eigenvalue weighted by Gasteiger charge is 2.30. The second kappa shape index (κ2) is 7.40. The minimum absolute atomic E-state index is 0.192. The number of esters is 1. The second-order valence-electron chi connectivity index (χ2n) is 6.23. The van der Waals surface area contributed by atoms with Gasteiger partial charge in [0.15, 0.2) is 5.76 Å². The molecule has 3 aromatic rings. The first-order valence-corrected chi connectivity index (χ1v) is 9.27. The highest BCUT2D eigenvalue weighted by molar-refractivity contribution is 9.10. The number of carbonyl (C=O) groups excluding carboxylic acids is 2. The van der Waals surface area contributed by atoms with Crippen LogP contribution in [0.15, 0.2) is 71.2 Å². The third-order valence-corrected chi connectivity index (χ3v) is 4.77. The molecule has 0 fully saturated rings. The van der Waals surface area contributed by atoms with E-state index >= 15 is 0 Å². The van der Waals surface area contributed by atoms with Gasteiger partial charge in [-0.05, 0) is 54.5 Å². The lowest BCUT2D eigenvalue weighted by molar-refractivity contribution is 0.0734.